The number of halogens is 1. The number of hydrogen-bond acceptors (Lipinski definition) is 4. The third-order valence-corrected chi connectivity index (χ3v) is 2.15. The van der Waals surface area contributed by atoms with Crippen LogP contribution in [-0.4, -0.2) is 36.6 Å². The van der Waals surface area contributed by atoms with Gasteiger partial charge in [0.25, 0.3) is 0 Å². The fourth-order valence-corrected chi connectivity index (χ4v) is 1.36. The van der Waals surface area contributed by atoms with Crippen molar-refractivity contribution >= 4 is 0 Å². The summed E-state index contributed by atoms with van der Waals surface area (Å²) in [5.41, 5.74) is 0.536. The van der Waals surface area contributed by atoms with Gasteiger partial charge < -0.3 is 19.7 Å². The molecular weight excluding hydrogens is 227 g/mol. The highest BCUT2D eigenvalue weighted by Crippen LogP contribution is 2.25. The van der Waals surface area contributed by atoms with Gasteiger partial charge in [0.05, 0.1) is 25.9 Å². The van der Waals surface area contributed by atoms with Crippen LogP contribution in [0.5, 0.6) is 5.75 Å². The SMILES string of the molecule is C[C@@H](O)c1ccc(F)cc1OCCOCCO. The Morgan fingerprint density at radius 1 is 1.29 bits per heavy atom. The Morgan fingerprint density at radius 3 is 2.71 bits per heavy atom. The van der Waals surface area contributed by atoms with Gasteiger partial charge in [0.15, 0.2) is 0 Å². The van der Waals surface area contributed by atoms with Crippen LogP contribution in [0.3, 0.4) is 0 Å². The zero-order valence-electron chi connectivity index (χ0n) is 9.73. The van der Waals surface area contributed by atoms with E-state index < -0.39 is 11.9 Å². The first kappa shape index (κ1) is 13.9. The number of ether oxygens (including phenoxy) is 2. The zero-order valence-corrected chi connectivity index (χ0v) is 9.73. The highest BCUT2D eigenvalue weighted by Gasteiger charge is 2.10. The van der Waals surface area contributed by atoms with E-state index >= 15 is 0 Å². The van der Waals surface area contributed by atoms with E-state index in [2.05, 4.69) is 0 Å². The molecule has 1 aromatic rings. The van der Waals surface area contributed by atoms with Gasteiger partial charge in [0.1, 0.15) is 18.2 Å². The number of aliphatic hydroxyl groups is 2. The molecule has 2 N–H and O–H groups in total. The zero-order chi connectivity index (χ0) is 12.7. The molecule has 96 valence electrons. The number of benzene rings is 1. The Morgan fingerprint density at radius 2 is 2.06 bits per heavy atom. The summed E-state index contributed by atoms with van der Waals surface area (Å²) in [4.78, 5) is 0. The van der Waals surface area contributed by atoms with E-state index in [1.165, 1.54) is 18.2 Å². The first-order valence-corrected chi connectivity index (χ1v) is 5.44. The molecule has 4 nitrogen and oxygen atoms in total. The molecule has 0 aromatic heterocycles. The molecule has 17 heavy (non-hydrogen) atoms. The largest absolute Gasteiger partial charge is 0.491 e. The second-order valence-corrected chi connectivity index (χ2v) is 3.54. The summed E-state index contributed by atoms with van der Waals surface area (Å²) >= 11 is 0. The standard InChI is InChI=1S/C12H17FO4/c1-9(15)11-3-2-10(13)8-12(11)17-7-6-16-5-4-14/h2-3,8-9,14-15H,4-7H2,1H3/t9-/m1/s1. The van der Waals surface area contributed by atoms with Crippen molar-refractivity contribution in [1.82, 2.24) is 0 Å². The molecule has 1 rings (SSSR count). The first-order valence-electron chi connectivity index (χ1n) is 5.44. The van der Waals surface area contributed by atoms with Crippen molar-refractivity contribution in [3.63, 3.8) is 0 Å². The quantitative estimate of drug-likeness (QED) is 0.709. The third-order valence-electron chi connectivity index (χ3n) is 2.15. The van der Waals surface area contributed by atoms with E-state index in [0.717, 1.165) is 0 Å². The van der Waals surface area contributed by atoms with E-state index in [4.69, 9.17) is 14.6 Å². The second kappa shape index (κ2) is 7.21. The predicted molar refractivity (Wildman–Crippen MR) is 60.4 cm³/mol. The van der Waals surface area contributed by atoms with Crippen LogP contribution in [-0.2, 0) is 4.74 Å². The van der Waals surface area contributed by atoms with Crippen LogP contribution in [0.4, 0.5) is 4.39 Å². The van der Waals surface area contributed by atoms with Gasteiger partial charge in [-0.1, -0.05) is 0 Å². The van der Waals surface area contributed by atoms with Crippen molar-refractivity contribution in [3.8, 4) is 5.75 Å². The topological polar surface area (TPSA) is 58.9 Å². The lowest BCUT2D eigenvalue weighted by Gasteiger charge is -2.13. The molecule has 0 heterocycles. The minimum Gasteiger partial charge on any atom is -0.491 e. The van der Waals surface area contributed by atoms with Crippen molar-refractivity contribution in [2.45, 2.75) is 13.0 Å². The Labute approximate surface area is 99.6 Å². The third kappa shape index (κ3) is 4.68. The Kier molecular flexibility index (Phi) is 5.90. The number of hydrogen-bond donors (Lipinski definition) is 2. The molecule has 0 fully saturated rings. The molecule has 0 aliphatic rings. The summed E-state index contributed by atoms with van der Waals surface area (Å²) in [6.07, 6.45) is -0.719. The van der Waals surface area contributed by atoms with Crippen molar-refractivity contribution in [1.29, 1.82) is 0 Å². The van der Waals surface area contributed by atoms with Crippen LogP contribution in [0, 0.1) is 5.82 Å². The molecule has 1 aromatic carbocycles. The molecule has 0 amide bonds. The maximum Gasteiger partial charge on any atom is 0.128 e. The summed E-state index contributed by atoms with van der Waals surface area (Å²) in [6.45, 7) is 2.33. The lowest BCUT2D eigenvalue weighted by Crippen LogP contribution is -2.10. The molecule has 1 atom stereocenters. The minimum absolute atomic E-state index is 0.0428. The van der Waals surface area contributed by atoms with Gasteiger partial charge in [-0.15, -0.1) is 0 Å². The summed E-state index contributed by atoms with van der Waals surface area (Å²) < 4.78 is 23.3. The minimum atomic E-state index is -0.719. The van der Waals surface area contributed by atoms with Crippen LogP contribution < -0.4 is 4.74 Å². The smallest absolute Gasteiger partial charge is 0.128 e. The molecule has 0 spiro atoms. The van der Waals surface area contributed by atoms with Crippen molar-refractivity contribution in [2.24, 2.45) is 0 Å². The average Bonchev–Trinajstić information content (AvgIpc) is 2.28. The molecule has 0 bridgehead atoms. The molecule has 0 aliphatic carbocycles. The Bertz CT molecular complexity index is 341. The van der Waals surface area contributed by atoms with Gasteiger partial charge >= 0.3 is 0 Å². The Hall–Kier alpha value is -1.17. The van der Waals surface area contributed by atoms with Crippen LogP contribution in [0.2, 0.25) is 0 Å². The molecule has 0 saturated carbocycles. The van der Waals surface area contributed by atoms with Crippen LogP contribution in [0.15, 0.2) is 18.2 Å². The van der Waals surface area contributed by atoms with Gasteiger partial charge in [-0.2, -0.15) is 0 Å². The normalized spacial score (nSPS) is 12.5. The summed E-state index contributed by atoms with van der Waals surface area (Å²) in [7, 11) is 0. The van der Waals surface area contributed by atoms with Crippen LogP contribution in [0.25, 0.3) is 0 Å². The van der Waals surface area contributed by atoms with Crippen LogP contribution >= 0.6 is 0 Å². The monoisotopic (exact) mass is 244 g/mol. The highest BCUT2D eigenvalue weighted by molar-refractivity contribution is 5.35. The van der Waals surface area contributed by atoms with Crippen molar-refractivity contribution < 1.29 is 24.1 Å². The summed E-state index contributed by atoms with van der Waals surface area (Å²) in [5, 5.41) is 18.0. The molecule has 5 heteroatoms. The maximum absolute atomic E-state index is 13.0. The number of rotatable bonds is 7. The molecule has 0 radical (unpaired) electrons. The predicted octanol–water partition coefficient (Wildman–Crippen LogP) is 1.27. The second-order valence-electron chi connectivity index (χ2n) is 3.54. The van der Waals surface area contributed by atoms with Gasteiger partial charge in [0.2, 0.25) is 0 Å². The fraction of sp³-hybridized carbons (Fsp3) is 0.500. The van der Waals surface area contributed by atoms with Gasteiger partial charge in [-0.3, -0.25) is 0 Å². The van der Waals surface area contributed by atoms with E-state index in [1.54, 1.807) is 6.92 Å². The molecule has 0 unspecified atom stereocenters. The highest BCUT2D eigenvalue weighted by atomic mass is 19.1. The van der Waals surface area contributed by atoms with E-state index in [-0.39, 0.29) is 19.8 Å². The lowest BCUT2D eigenvalue weighted by molar-refractivity contribution is 0.0695. The molecule has 0 aliphatic heterocycles. The van der Waals surface area contributed by atoms with E-state index in [1.807, 2.05) is 0 Å². The van der Waals surface area contributed by atoms with Crippen molar-refractivity contribution in [2.75, 3.05) is 26.4 Å². The Balaban J connectivity index is 2.53. The average molecular weight is 244 g/mol. The van der Waals surface area contributed by atoms with Gasteiger partial charge in [-0.05, 0) is 19.1 Å². The summed E-state index contributed by atoms with van der Waals surface area (Å²) in [6, 6.07) is 4.00. The van der Waals surface area contributed by atoms with Gasteiger partial charge in [-0.25, -0.2) is 4.39 Å². The first-order chi connectivity index (χ1) is 8.15. The lowest BCUT2D eigenvalue weighted by atomic mass is 10.1. The van der Waals surface area contributed by atoms with Crippen molar-refractivity contribution in [3.05, 3.63) is 29.6 Å². The molecular formula is C12H17FO4. The van der Waals surface area contributed by atoms with Gasteiger partial charge in [0, 0.05) is 11.6 Å². The maximum atomic E-state index is 13.0. The number of aliphatic hydroxyl groups excluding tert-OH is 2. The van der Waals surface area contributed by atoms with E-state index in [9.17, 15) is 9.50 Å². The fourth-order valence-electron chi connectivity index (χ4n) is 1.36. The van der Waals surface area contributed by atoms with Crippen LogP contribution in [0.1, 0.15) is 18.6 Å². The summed E-state index contributed by atoms with van der Waals surface area (Å²) in [5.74, 6) is -0.103. The molecule has 0 saturated heterocycles. The van der Waals surface area contributed by atoms with E-state index in [0.29, 0.717) is 17.9 Å².